The Morgan fingerprint density at radius 3 is 2.41 bits per heavy atom. The number of hydrogen-bond acceptors (Lipinski definition) is 5. The van der Waals surface area contributed by atoms with Crippen molar-refractivity contribution in [2.75, 3.05) is 0 Å². The highest BCUT2D eigenvalue weighted by atomic mass is 28.4. The summed E-state index contributed by atoms with van der Waals surface area (Å²) in [5.41, 5.74) is 0.248. The second-order valence-corrected chi connectivity index (χ2v) is 20.8. The van der Waals surface area contributed by atoms with Gasteiger partial charge in [-0.25, -0.2) is 0 Å². The standard InChI is InChI=1S/C37H55NO5Si/c1-23-16-15-19-27-31(42-44(10,11)34(4,5)6)25(3)24(2)30-28(22-26-17-13-12-14-18-26)38-33(40)37(27,30)29(39)20-21-36(9)32(23)41-35(7,8)43-36/h12-15,17-21,23-24,27-32,39H,3,16,22H2,1-2,4-11H3,(H,38,40)/b19-15+,21-20+/t23-,24+,27-,28-,29+,30-,31+,32+,36+,37+/m0/s1. The second-order valence-electron chi connectivity index (χ2n) is 16.1. The Labute approximate surface area is 266 Å². The van der Waals surface area contributed by atoms with Gasteiger partial charge in [-0.3, -0.25) is 4.79 Å². The minimum absolute atomic E-state index is 0.0357. The molecule has 0 unspecified atom stereocenters. The van der Waals surface area contributed by atoms with E-state index in [1.165, 1.54) is 0 Å². The van der Waals surface area contributed by atoms with Crippen molar-refractivity contribution in [3.8, 4) is 0 Å². The summed E-state index contributed by atoms with van der Waals surface area (Å²) < 4.78 is 20.1. The number of rotatable bonds is 4. The molecule has 1 spiro atoms. The maximum absolute atomic E-state index is 14.7. The third kappa shape index (κ3) is 5.51. The molecule has 1 aromatic carbocycles. The van der Waals surface area contributed by atoms with E-state index in [1.807, 2.05) is 51.1 Å². The van der Waals surface area contributed by atoms with Crippen LogP contribution < -0.4 is 5.32 Å². The number of amides is 1. The zero-order valence-corrected chi connectivity index (χ0v) is 29.5. The lowest BCUT2D eigenvalue weighted by atomic mass is 9.51. The number of fused-ring (bicyclic) bond motifs is 1. The lowest BCUT2D eigenvalue weighted by Gasteiger charge is -2.55. The summed E-state index contributed by atoms with van der Waals surface area (Å²) in [6.45, 7) is 26.1. The van der Waals surface area contributed by atoms with E-state index in [2.05, 4.69) is 83.9 Å². The van der Waals surface area contributed by atoms with Crippen molar-refractivity contribution in [2.24, 2.45) is 29.1 Å². The molecule has 10 atom stereocenters. The summed E-state index contributed by atoms with van der Waals surface area (Å²) in [6.07, 6.45) is 7.85. The Bertz CT molecular complexity index is 1310. The quantitative estimate of drug-likeness (QED) is 0.281. The van der Waals surface area contributed by atoms with Crippen LogP contribution in [0.3, 0.4) is 0 Å². The Morgan fingerprint density at radius 2 is 1.77 bits per heavy atom. The van der Waals surface area contributed by atoms with Crippen LogP contribution in [0.15, 0.2) is 66.8 Å². The molecule has 0 aromatic heterocycles. The SMILES string of the molecule is C=C1[C@@H](C)[C@H]2[C@H](Cc3ccccc3)NC(=O)[C@]23[C@H](O)/C=C/[C@@]2(C)OC(C)(C)O[C@@H]2[C@@H](C)C/C=C/[C@H]3[C@@H]1O[Si](C)(C)C(C)(C)C. The van der Waals surface area contributed by atoms with E-state index < -0.39 is 43.2 Å². The lowest BCUT2D eigenvalue weighted by molar-refractivity contribution is -0.156. The van der Waals surface area contributed by atoms with Gasteiger partial charge >= 0.3 is 0 Å². The average Bonchev–Trinajstić information content (AvgIpc) is 3.35. The van der Waals surface area contributed by atoms with Crippen LogP contribution in [0, 0.1) is 29.1 Å². The van der Waals surface area contributed by atoms with Gasteiger partial charge in [-0.2, -0.15) is 0 Å². The number of carbonyl (C=O) groups is 1. The molecule has 2 aliphatic carbocycles. The van der Waals surface area contributed by atoms with Gasteiger partial charge in [-0.05, 0) is 74.7 Å². The second kappa shape index (κ2) is 11.3. The first-order chi connectivity index (χ1) is 20.3. The predicted octanol–water partition coefficient (Wildman–Crippen LogP) is 6.97. The monoisotopic (exact) mass is 621 g/mol. The summed E-state index contributed by atoms with van der Waals surface area (Å²) in [4.78, 5) is 14.7. The van der Waals surface area contributed by atoms with Crippen LogP contribution in [0.1, 0.15) is 67.4 Å². The van der Waals surface area contributed by atoms with E-state index in [9.17, 15) is 9.90 Å². The summed E-state index contributed by atoms with van der Waals surface area (Å²) in [7, 11) is -2.30. The first kappa shape index (κ1) is 33.3. The molecule has 2 aliphatic heterocycles. The number of aliphatic hydroxyl groups is 1. The molecule has 2 heterocycles. The van der Waals surface area contributed by atoms with Gasteiger partial charge in [-0.15, -0.1) is 0 Å². The Hall–Kier alpha value is -2.03. The Kier molecular flexibility index (Phi) is 8.59. The molecule has 5 rings (SSSR count). The molecule has 2 N–H and O–H groups in total. The zero-order valence-electron chi connectivity index (χ0n) is 28.5. The first-order valence-corrected chi connectivity index (χ1v) is 19.4. The van der Waals surface area contributed by atoms with Crippen molar-refractivity contribution in [3.05, 3.63) is 72.4 Å². The van der Waals surface area contributed by atoms with Crippen molar-refractivity contribution < 1.29 is 23.8 Å². The fourth-order valence-corrected chi connectivity index (χ4v) is 9.59. The molecular formula is C37H55NO5Si. The summed E-state index contributed by atoms with van der Waals surface area (Å²) >= 11 is 0. The van der Waals surface area contributed by atoms with Crippen molar-refractivity contribution in [3.63, 3.8) is 0 Å². The molecule has 1 amide bonds. The van der Waals surface area contributed by atoms with Gasteiger partial charge in [0, 0.05) is 17.9 Å². The Morgan fingerprint density at radius 1 is 1.11 bits per heavy atom. The van der Waals surface area contributed by atoms with E-state index in [0.29, 0.717) is 6.42 Å². The van der Waals surface area contributed by atoms with E-state index >= 15 is 0 Å². The molecule has 0 radical (unpaired) electrons. The zero-order chi connectivity index (χ0) is 32.5. The summed E-state index contributed by atoms with van der Waals surface area (Å²) in [5.74, 6) is -1.40. The molecule has 4 aliphatic rings. The normalized spacial score (nSPS) is 42.0. The highest BCUT2D eigenvalue weighted by Gasteiger charge is 2.68. The molecular weight excluding hydrogens is 566 g/mol. The van der Waals surface area contributed by atoms with Crippen molar-refractivity contribution >= 4 is 14.2 Å². The minimum Gasteiger partial charge on any atom is -0.410 e. The molecule has 0 bridgehead atoms. The number of allylic oxidation sites excluding steroid dienone is 1. The maximum Gasteiger partial charge on any atom is 0.230 e. The van der Waals surface area contributed by atoms with E-state index in [1.54, 1.807) is 0 Å². The third-order valence-electron chi connectivity index (χ3n) is 11.5. The van der Waals surface area contributed by atoms with E-state index in [4.69, 9.17) is 13.9 Å². The molecule has 1 saturated carbocycles. The molecule has 44 heavy (non-hydrogen) atoms. The maximum atomic E-state index is 14.7. The van der Waals surface area contributed by atoms with Gasteiger partial charge in [0.25, 0.3) is 0 Å². The molecule has 7 heteroatoms. The Balaban J connectivity index is 1.68. The fraction of sp³-hybridized carbons (Fsp3) is 0.649. The van der Waals surface area contributed by atoms with Crippen molar-refractivity contribution in [1.82, 2.24) is 5.32 Å². The van der Waals surface area contributed by atoms with Crippen LogP contribution >= 0.6 is 0 Å². The highest BCUT2D eigenvalue weighted by Crippen LogP contribution is 2.60. The number of aliphatic hydroxyl groups excluding tert-OH is 1. The summed E-state index contributed by atoms with van der Waals surface area (Å²) in [6, 6.07) is 10.1. The predicted molar refractivity (Wildman–Crippen MR) is 178 cm³/mol. The van der Waals surface area contributed by atoms with Gasteiger partial charge in [0.2, 0.25) is 5.91 Å². The van der Waals surface area contributed by atoms with Gasteiger partial charge in [0.1, 0.15) is 5.60 Å². The highest BCUT2D eigenvalue weighted by molar-refractivity contribution is 6.74. The lowest BCUT2D eigenvalue weighted by Crippen LogP contribution is -2.62. The third-order valence-corrected chi connectivity index (χ3v) is 16.0. The molecule has 6 nitrogen and oxygen atoms in total. The van der Waals surface area contributed by atoms with Crippen LogP contribution in [-0.2, 0) is 25.1 Å². The number of benzene rings is 1. The van der Waals surface area contributed by atoms with Gasteiger partial charge in [-0.1, -0.05) is 95.8 Å². The largest absolute Gasteiger partial charge is 0.410 e. The number of hydrogen-bond donors (Lipinski definition) is 2. The first-order valence-electron chi connectivity index (χ1n) is 16.5. The molecule has 1 aromatic rings. The number of nitrogens with one attached hydrogen (secondary N) is 1. The fourth-order valence-electron chi connectivity index (χ4n) is 8.30. The number of ether oxygens (including phenoxy) is 2. The molecule has 2 saturated heterocycles. The van der Waals surface area contributed by atoms with Crippen LogP contribution in [0.4, 0.5) is 0 Å². The van der Waals surface area contributed by atoms with Crippen LogP contribution in [0.25, 0.3) is 0 Å². The topological polar surface area (TPSA) is 77.0 Å². The van der Waals surface area contributed by atoms with Crippen LogP contribution in [0.2, 0.25) is 18.1 Å². The smallest absolute Gasteiger partial charge is 0.230 e. The molecule has 242 valence electrons. The average molecular weight is 622 g/mol. The van der Waals surface area contributed by atoms with Crippen LogP contribution in [0.5, 0.6) is 0 Å². The minimum atomic E-state index is -2.30. The van der Waals surface area contributed by atoms with Gasteiger partial charge in [0.15, 0.2) is 14.1 Å². The molecule has 3 fully saturated rings. The van der Waals surface area contributed by atoms with Gasteiger partial charge < -0.3 is 24.3 Å². The number of carbonyl (C=O) groups excluding carboxylic acids is 1. The van der Waals surface area contributed by atoms with Gasteiger partial charge in [0.05, 0.1) is 23.7 Å². The van der Waals surface area contributed by atoms with Crippen molar-refractivity contribution in [2.45, 2.75) is 122 Å². The van der Waals surface area contributed by atoms with E-state index in [-0.39, 0.29) is 40.8 Å². The summed E-state index contributed by atoms with van der Waals surface area (Å²) in [5, 5.41) is 15.9. The van der Waals surface area contributed by atoms with Crippen LogP contribution in [-0.4, -0.2) is 55.1 Å². The van der Waals surface area contributed by atoms with Crippen molar-refractivity contribution in [1.29, 1.82) is 0 Å². The van der Waals surface area contributed by atoms with E-state index in [0.717, 1.165) is 17.6 Å².